The summed E-state index contributed by atoms with van der Waals surface area (Å²) in [5.74, 6) is -0.794. The number of ether oxygens (including phenoxy) is 1. The van der Waals surface area contributed by atoms with Gasteiger partial charge in [-0.1, -0.05) is 19.3 Å². The van der Waals surface area contributed by atoms with E-state index in [1.165, 1.54) is 0 Å². The number of hydrogen-bond acceptors (Lipinski definition) is 5. The number of nitrogens with one attached hydrogen (secondary N) is 1. The molecule has 10 heteroatoms. The van der Waals surface area contributed by atoms with Gasteiger partial charge in [-0.3, -0.25) is 13.9 Å². The number of carboxylic acids is 1. The van der Waals surface area contributed by atoms with Crippen molar-refractivity contribution in [2.75, 3.05) is 13.2 Å². The van der Waals surface area contributed by atoms with E-state index in [0.29, 0.717) is 13.2 Å². The number of alkyl carbamates (subject to hydrolysis) is 1. The van der Waals surface area contributed by atoms with E-state index >= 15 is 0 Å². The van der Waals surface area contributed by atoms with Crippen LogP contribution in [-0.2, 0) is 19.9 Å². The van der Waals surface area contributed by atoms with Gasteiger partial charge < -0.3 is 15.2 Å². The lowest BCUT2D eigenvalue weighted by Gasteiger charge is -2.36. The van der Waals surface area contributed by atoms with Gasteiger partial charge in [-0.05, 0) is 25.2 Å². The second-order valence-corrected chi connectivity index (χ2v) is 6.05. The van der Waals surface area contributed by atoms with E-state index in [2.05, 4.69) is 5.32 Å². The number of carboxylic acid groups (broad SMARTS) is 1. The van der Waals surface area contributed by atoms with Gasteiger partial charge in [-0.25, -0.2) is 4.79 Å². The molecule has 1 saturated carbocycles. The highest BCUT2D eigenvalue weighted by molar-refractivity contribution is 7.79. The quantitative estimate of drug-likeness (QED) is 0.549. The standard InChI is InChI=1S/C12H21NO4.H2O4S/c1-2-17-11(16)13-9-12(8-10(14)15)6-4-3-5-7-12;1-5(2,3)4/h2-9H2,1H3,(H,13,16)(H,14,15);(H2,1,2,3,4). The highest BCUT2D eigenvalue weighted by atomic mass is 32.3. The summed E-state index contributed by atoms with van der Waals surface area (Å²) in [6.45, 7) is 2.48. The maximum absolute atomic E-state index is 11.2. The van der Waals surface area contributed by atoms with E-state index in [-0.39, 0.29) is 11.8 Å². The maximum atomic E-state index is 11.2. The normalized spacial score (nSPS) is 16.9. The Hall–Kier alpha value is -1.39. The Morgan fingerprint density at radius 3 is 2.09 bits per heavy atom. The van der Waals surface area contributed by atoms with Crippen LogP contribution >= 0.6 is 0 Å². The smallest absolute Gasteiger partial charge is 0.407 e. The molecular weight excluding hydrogens is 318 g/mol. The Balaban J connectivity index is 0.000000763. The Morgan fingerprint density at radius 2 is 1.68 bits per heavy atom. The van der Waals surface area contributed by atoms with Crippen LogP contribution in [0.1, 0.15) is 45.4 Å². The highest BCUT2D eigenvalue weighted by Gasteiger charge is 2.34. The van der Waals surface area contributed by atoms with Gasteiger partial charge in [0.2, 0.25) is 0 Å². The van der Waals surface area contributed by atoms with Gasteiger partial charge >= 0.3 is 22.5 Å². The minimum atomic E-state index is -4.67. The fourth-order valence-corrected chi connectivity index (χ4v) is 2.48. The first kappa shape index (κ1) is 20.6. The molecule has 0 aromatic heterocycles. The van der Waals surface area contributed by atoms with Crippen molar-refractivity contribution in [3.05, 3.63) is 0 Å². The van der Waals surface area contributed by atoms with Crippen LogP contribution in [0.3, 0.4) is 0 Å². The van der Waals surface area contributed by atoms with Gasteiger partial charge in [-0.2, -0.15) is 8.42 Å². The first-order valence-electron chi connectivity index (χ1n) is 6.90. The van der Waals surface area contributed by atoms with E-state index < -0.39 is 22.5 Å². The number of rotatable bonds is 5. The molecule has 1 fully saturated rings. The molecule has 0 aliphatic heterocycles. The summed E-state index contributed by atoms with van der Waals surface area (Å²) in [6.07, 6.45) is 4.63. The van der Waals surface area contributed by atoms with Crippen LogP contribution in [0.5, 0.6) is 0 Å². The fraction of sp³-hybridized carbons (Fsp3) is 0.833. The minimum Gasteiger partial charge on any atom is -0.481 e. The van der Waals surface area contributed by atoms with Crippen molar-refractivity contribution in [3.63, 3.8) is 0 Å². The number of aliphatic carboxylic acids is 1. The molecule has 0 unspecified atom stereocenters. The third-order valence-electron chi connectivity index (χ3n) is 3.32. The van der Waals surface area contributed by atoms with Gasteiger partial charge in [-0.15, -0.1) is 0 Å². The van der Waals surface area contributed by atoms with E-state index in [0.717, 1.165) is 32.1 Å². The number of hydrogen-bond donors (Lipinski definition) is 4. The van der Waals surface area contributed by atoms with Crippen LogP contribution in [0, 0.1) is 5.41 Å². The number of carbonyl (C=O) groups excluding carboxylic acids is 1. The van der Waals surface area contributed by atoms with Crippen LogP contribution in [0.25, 0.3) is 0 Å². The summed E-state index contributed by atoms with van der Waals surface area (Å²) in [4.78, 5) is 22.1. The molecule has 9 nitrogen and oxygen atoms in total. The van der Waals surface area contributed by atoms with Gasteiger partial charge in [0, 0.05) is 6.54 Å². The molecule has 0 spiro atoms. The fourth-order valence-electron chi connectivity index (χ4n) is 2.48. The molecule has 22 heavy (non-hydrogen) atoms. The molecule has 1 aliphatic rings. The second-order valence-electron chi connectivity index (χ2n) is 5.15. The largest absolute Gasteiger partial charge is 0.481 e. The minimum absolute atomic E-state index is 0.124. The summed E-state index contributed by atoms with van der Waals surface area (Å²) in [5.41, 5.74) is -0.281. The summed E-state index contributed by atoms with van der Waals surface area (Å²) in [6, 6.07) is 0. The zero-order valence-electron chi connectivity index (χ0n) is 12.4. The van der Waals surface area contributed by atoms with Crippen molar-refractivity contribution in [2.24, 2.45) is 5.41 Å². The lowest BCUT2D eigenvalue weighted by Crippen LogP contribution is -2.40. The van der Waals surface area contributed by atoms with Gasteiger partial charge in [0.05, 0.1) is 13.0 Å². The van der Waals surface area contributed by atoms with Crippen LogP contribution in [0.4, 0.5) is 4.79 Å². The Kier molecular flexibility index (Phi) is 8.99. The van der Waals surface area contributed by atoms with Crippen molar-refractivity contribution in [1.82, 2.24) is 5.32 Å². The van der Waals surface area contributed by atoms with Crippen molar-refractivity contribution in [3.8, 4) is 0 Å². The van der Waals surface area contributed by atoms with Crippen molar-refractivity contribution < 1.29 is 37.0 Å². The molecular formula is C12H23NO8S. The molecule has 4 N–H and O–H groups in total. The van der Waals surface area contributed by atoms with Gasteiger partial charge in [0.25, 0.3) is 0 Å². The predicted octanol–water partition coefficient (Wildman–Crippen LogP) is 1.50. The predicted molar refractivity (Wildman–Crippen MR) is 77.0 cm³/mol. The molecule has 0 bridgehead atoms. The summed E-state index contributed by atoms with van der Waals surface area (Å²) < 4.78 is 36.4. The zero-order valence-corrected chi connectivity index (χ0v) is 13.3. The van der Waals surface area contributed by atoms with Crippen LogP contribution < -0.4 is 5.32 Å². The average Bonchev–Trinajstić information content (AvgIpc) is 2.35. The maximum Gasteiger partial charge on any atom is 0.407 e. The Bertz CT molecular complexity index is 448. The third-order valence-corrected chi connectivity index (χ3v) is 3.32. The van der Waals surface area contributed by atoms with E-state index in [4.69, 9.17) is 27.4 Å². The molecule has 1 amide bonds. The molecule has 0 atom stereocenters. The summed E-state index contributed by atoms with van der Waals surface area (Å²) >= 11 is 0. The molecule has 0 radical (unpaired) electrons. The second kappa shape index (κ2) is 9.59. The topological polar surface area (TPSA) is 150 Å². The van der Waals surface area contributed by atoms with E-state index in [1.807, 2.05) is 0 Å². The van der Waals surface area contributed by atoms with Crippen molar-refractivity contribution >= 4 is 22.5 Å². The average molecular weight is 341 g/mol. The lowest BCUT2D eigenvalue weighted by atomic mass is 9.72. The summed E-state index contributed by atoms with van der Waals surface area (Å²) in [7, 11) is -4.67. The molecule has 0 saturated heterocycles. The molecule has 1 aliphatic carbocycles. The van der Waals surface area contributed by atoms with Crippen molar-refractivity contribution in [2.45, 2.75) is 45.4 Å². The molecule has 0 aromatic carbocycles. The zero-order chi connectivity index (χ0) is 17.2. The highest BCUT2D eigenvalue weighted by Crippen LogP contribution is 2.38. The SMILES string of the molecule is CCOC(=O)NCC1(CC(=O)O)CCCCC1.O=S(=O)(O)O. The molecule has 1 rings (SSSR count). The van der Waals surface area contributed by atoms with E-state index in [9.17, 15) is 9.59 Å². The van der Waals surface area contributed by atoms with Crippen LogP contribution in [0.2, 0.25) is 0 Å². The summed E-state index contributed by atoms with van der Waals surface area (Å²) in [5, 5.41) is 11.6. The molecule has 0 heterocycles. The Labute approximate surface area is 129 Å². The van der Waals surface area contributed by atoms with Gasteiger partial charge in [0.1, 0.15) is 0 Å². The monoisotopic (exact) mass is 341 g/mol. The van der Waals surface area contributed by atoms with Gasteiger partial charge in [0.15, 0.2) is 0 Å². The number of carbonyl (C=O) groups is 2. The van der Waals surface area contributed by atoms with Crippen LogP contribution in [-0.4, -0.2) is 47.8 Å². The number of amides is 1. The molecule has 0 aromatic rings. The first-order valence-corrected chi connectivity index (χ1v) is 8.30. The van der Waals surface area contributed by atoms with E-state index in [1.54, 1.807) is 6.92 Å². The van der Waals surface area contributed by atoms with Crippen molar-refractivity contribution in [1.29, 1.82) is 0 Å². The first-order chi connectivity index (χ1) is 10.1. The lowest BCUT2D eigenvalue weighted by molar-refractivity contribution is -0.140. The van der Waals surface area contributed by atoms with Crippen LogP contribution in [0.15, 0.2) is 0 Å². The third kappa shape index (κ3) is 11.3. The molecule has 130 valence electrons. The Morgan fingerprint density at radius 1 is 1.18 bits per heavy atom.